The number of hydrogen-bond donors (Lipinski definition) is 1. The zero-order valence-electron chi connectivity index (χ0n) is 21.4. The van der Waals surface area contributed by atoms with Gasteiger partial charge in [-0.25, -0.2) is 0 Å². The highest BCUT2D eigenvalue weighted by Crippen LogP contribution is 2.70. The van der Waals surface area contributed by atoms with Crippen LogP contribution in [-0.2, 0) is 0 Å². The lowest BCUT2D eigenvalue weighted by molar-refractivity contribution is -0.0246. The Morgan fingerprint density at radius 2 is 1.81 bits per heavy atom. The second kappa shape index (κ2) is 7.89. The van der Waals surface area contributed by atoms with Crippen LogP contribution in [-0.4, -0.2) is 11.2 Å². The van der Waals surface area contributed by atoms with Crippen molar-refractivity contribution in [2.75, 3.05) is 0 Å². The summed E-state index contributed by atoms with van der Waals surface area (Å²) in [6, 6.07) is 0. The molecule has 8 atom stereocenters. The van der Waals surface area contributed by atoms with Gasteiger partial charge in [0.15, 0.2) is 0 Å². The van der Waals surface area contributed by atoms with E-state index in [1.165, 1.54) is 37.7 Å². The van der Waals surface area contributed by atoms with E-state index in [9.17, 15) is 5.11 Å². The molecular formula is C30H48O. The molecule has 174 valence electrons. The third-order valence-electron chi connectivity index (χ3n) is 11.3. The fourth-order valence-corrected chi connectivity index (χ4v) is 8.49. The Hall–Kier alpha value is -0.820. The minimum absolute atomic E-state index is 0.115. The first kappa shape index (κ1) is 23.3. The highest BCUT2D eigenvalue weighted by Gasteiger charge is 2.61. The first-order chi connectivity index (χ1) is 14.5. The van der Waals surface area contributed by atoms with Crippen molar-refractivity contribution < 1.29 is 5.11 Å². The number of rotatable bonds is 5. The molecule has 0 amide bonds. The van der Waals surface area contributed by atoms with E-state index in [-0.39, 0.29) is 11.5 Å². The summed E-state index contributed by atoms with van der Waals surface area (Å²) in [4.78, 5) is 0. The van der Waals surface area contributed by atoms with Crippen molar-refractivity contribution in [3.05, 3.63) is 35.5 Å². The second-order valence-electron chi connectivity index (χ2n) is 12.9. The first-order valence-corrected chi connectivity index (χ1v) is 13.2. The summed E-state index contributed by atoms with van der Waals surface area (Å²) in [6.07, 6.45) is 14.9. The highest BCUT2D eigenvalue weighted by atomic mass is 16.3. The summed E-state index contributed by atoms with van der Waals surface area (Å²) in [6.45, 7) is 21.5. The lowest BCUT2D eigenvalue weighted by Crippen LogP contribution is -2.50. The highest BCUT2D eigenvalue weighted by molar-refractivity contribution is 5.49. The molecule has 0 heterocycles. The van der Waals surface area contributed by atoms with Crippen LogP contribution in [0, 0.1) is 45.8 Å². The third kappa shape index (κ3) is 3.35. The number of allylic oxidation sites excluding steroid dienone is 5. The Morgan fingerprint density at radius 3 is 2.48 bits per heavy atom. The third-order valence-corrected chi connectivity index (χ3v) is 11.3. The van der Waals surface area contributed by atoms with Crippen LogP contribution in [0.5, 0.6) is 0 Å². The normalized spacial score (nSPS) is 45.3. The van der Waals surface area contributed by atoms with Crippen LogP contribution in [0.4, 0.5) is 0 Å². The SMILES string of the molecule is C=C(CCC(C)C1CCC2(C)C3=CCC4C(C)C(O)CCC4(C)C3=CCC12C)C(C)C. The van der Waals surface area contributed by atoms with Gasteiger partial charge in [-0.2, -0.15) is 0 Å². The maximum atomic E-state index is 10.5. The molecule has 2 fully saturated rings. The van der Waals surface area contributed by atoms with Crippen LogP contribution in [0.3, 0.4) is 0 Å². The van der Waals surface area contributed by atoms with Gasteiger partial charge in [0.05, 0.1) is 6.10 Å². The van der Waals surface area contributed by atoms with Crippen LogP contribution in [0.1, 0.15) is 99.8 Å². The maximum Gasteiger partial charge on any atom is 0.0569 e. The van der Waals surface area contributed by atoms with Gasteiger partial charge < -0.3 is 5.11 Å². The van der Waals surface area contributed by atoms with Crippen LogP contribution in [0.2, 0.25) is 0 Å². The molecule has 1 heteroatoms. The van der Waals surface area contributed by atoms with E-state index in [1.54, 1.807) is 11.1 Å². The van der Waals surface area contributed by atoms with Crippen molar-refractivity contribution in [2.24, 2.45) is 45.8 Å². The smallest absolute Gasteiger partial charge is 0.0569 e. The number of hydrogen-bond acceptors (Lipinski definition) is 1. The van der Waals surface area contributed by atoms with Gasteiger partial charge in [-0.1, -0.05) is 72.8 Å². The monoisotopic (exact) mass is 424 g/mol. The van der Waals surface area contributed by atoms with E-state index in [4.69, 9.17) is 0 Å². The molecule has 0 spiro atoms. The van der Waals surface area contributed by atoms with Gasteiger partial charge >= 0.3 is 0 Å². The average Bonchev–Trinajstić information content (AvgIpc) is 3.00. The predicted molar refractivity (Wildman–Crippen MR) is 133 cm³/mol. The van der Waals surface area contributed by atoms with Gasteiger partial charge in [-0.05, 0) is 108 Å². The molecular weight excluding hydrogens is 376 g/mol. The summed E-state index contributed by atoms with van der Waals surface area (Å²) < 4.78 is 0. The Morgan fingerprint density at radius 1 is 1.10 bits per heavy atom. The largest absolute Gasteiger partial charge is 0.393 e. The van der Waals surface area contributed by atoms with Gasteiger partial charge in [-0.15, -0.1) is 0 Å². The second-order valence-corrected chi connectivity index (χ2v) is 12.9. The Kier molecular flexibility index (Phi) is 5.94. The standard InChI is InChI=1S/C30H48O/c1-19(2)20(3)9-10-21(4)23-13-17-30(8)26-12-11-24-22(5)27(31)15-16-28(24,6)25(26)14-18-29(23,30)7/h12,14,19,21-24,27,31H,3,9-11,13,15-18H2,1-2,4-8H3. The quantitative estimate of drug-likeness (QED) is 0.442. The van der Waals surface area contributed by atoms with Gasteiger partial charge in [0.25, 0.3) is 0 Å². The molecule has 4 aliphatic carbocycles. The Labute approximate surface area is 192 Å². The summed E-state index contributed by atoms with van der Waals surface area (Å²) >= 11 is 0. The maximum absolute atomic E-state index is 10.5. The van der Waals surface area contributed by atoms with Gasteiger partial charge in [-0.3, -0.25) is 0 Å². The van der Waals surface area contributed by atoms with Crippen molar-refractivity contribution in [1.82, 2.24) is 0 Å². The van der Waals surface area contributed by atoms with E-state index < -0.39 is 0 Å². The number of aliphatic hydroxyl groups excluding tert-OH is 1. The van der Waals surface area contributed by atoms with Crippen molar-refractivity contribution in [2.45, 2.75) is 106 Å². The summed E-state index contributed by atoms with van der Waals surface area (Å²) in [5.41, 5.74) is 5.72. The van der Waals surface area contributed by atoms with Crippen molar-refractivity contribution >= 4 is 0 Å². The van der Waals surface area contributed by atoms with Crippen molar-refractivity contribution in [1.29, 1.82) is 0 Å². The molecule has 1 N–H and O–H groups in total. The van der Waals surface area contributed by atoms with Gasteiger partial charge in [0.2, 0.25) is 0 Å². The number of aliphatic hydroxyl groups is 1. The molecule has 31 heavy (non-hydrogen) atoms. The van der Waals surface area contributed by atoms with Crippen LogP contribution in [0.25, 0.3) is 0 Å². The van der Waals surface area contributed by atoms with Crippen LogP contribution < -0.4 is 0 Å². The van der Waals surface area contributed by atoms with E-state index in [0.717, 1.165) is 31.1 Å². The number of fused-ring (bicyclic) bond motifs is 5. The Bertz CT molecular complexity index is 786. The van der Waals surface area contributed by atoms with E-state index in [0.29, 0.717) is 28.6 Å². The molecule has 4 aliphatic rings. The van der Waals surface area contributed by atoms with Crippen LogP contribution in [0.15, 0.2) is 35.5 Å². The summed E-state index contributed by atoms with van der Waals surface area (Å²) in [5.74, 6) is 3.17. The van der Waals surface area contributed by atoms with E-state index >= 15 is 0 Å². The van der Waals surface area contributed by atoms with E-state index in [1.807, 2.05) is 0 Å². The molecule has 0 aromatic rings. The molecule has 0 aliphatic heterocycles. The molecule has 0 saturated heterocycles. The fourth-order valence-electron chi connectivity index (χ4n) is 8.49. The zero-order valence-corrected chi connectivity index (χ0v) is 21.4. The van der Waals surface area contributed by atoms with E-state index in [2.05, 4.69) is 67.2 Å². The predicted octanol–water partition coefficient (Wildman–Crippen LogP) is 8.11. The lowest BCUT2D eigenvalue weighted by atomic mass is 9.46. The summed E-state index contributed by atoms with van der Waals surface area (Å²) in [5, 5.41) is 10.5. The summed E-state index contributed by atoms with van der Waals surface area (Å²) in [7, 11) is 0. The fraction of sp³-hybridized carbons (Fsp3) is 0.800. The molecule has 0 bridgehead atoms. The first-order valence-electron chi connectivity index (χ1n) is 13.2. The molecule has 0 radical (unpaired) electrons. The molecule has 0 aromatic carbocycles. The van der Waals surface area contributed by atoms with Crippen LogP contribution >= 0.6 is 0 Å². The lowest BCUT2D eigenvalue weighted by Gasteiger charge is -2.58. The van der Waals surface area contributed by atoms with Crippen molar-refractivity contribution in [3.8, 4) is 0 Å². The zero-order chi connectivity index (χ0) is 22.8. The molecule has 1 nitrogen and oxygen atoms in total. The minimum atomic E-state index is -0.115. The van der Waals surface area contributed by atoms with Crippen molar-refractivity contribution in [3.63, 3.8) is 0 Å². The molecule has 4 rings (SSSR count). The average molecular weight is 425 g/mol. The molecule has 2 saturated carbocycles. The van der Waals surface area contributed by atoms with Gasteiger partial charge in [0.1, 0.15) is 0 Å². The molecule has 8 unspecified atom stereocenters. The Balaban J connectivity index is 1.61. The minimum Gasteiger partial charge on any atom is -0.393 e. The van der Waals surface area contributed by atoms with Gasteiger partial charge in [0, 0.05) is 0 Å². The molecule has 0 aromatic heterocycles. The topological polar surface area (TPSA) is 20.2 Å².